The van der Waals surface area contributed by atoms with Crippen LogP contribution < -0.4 is 10.1 Å². The third-order valence-corrected chi connectivity index (χ3v) is 5.87. The maximum atomic E-state index is 12.8. The number of hydrogen-bond donors (Lipinski definition) is 2. The van der Waals surface area contributed by atoms with Crippen molar-refractivity contribution in [2.75, 3.05) is 26.3 Å². The number of rotatable bonds is 16. The van der Waals surface area contributed by atoms with E-state index < -0.39 is 12.1 Å². The first-order valence-corrected chi connectivity index (χ1v) is 12.6. The van der Waals surface area contributed by atoms with Crippen molar-refractivity contribution in [3.05, 3.63) is 65.7 Å². The largest absolute Gasteiger partial charge is 0.492 e. The summed E-state index contributed by atoms with van der Waals surface area (Å²) in [5, 5.41) is 12.3. The number of urea groups is 1. The average molecular weight is 485 g/mol. The van der Waals surface area contributed by atoms with Crippen LogP contribution in [0.3, 0.4) is 0 Å². The second-order valence-corrected chi connectivity index (χ2v) is 8.67. The summed E-state index contributed by atoms with van der Waals surface area (Å²) in [4.78, 5) is 25.9. The molecule has 0 aliphatic heterocycles. The predicted molar refractivity (Wildman–Crippen MR) is 138 cm³/mol. The van der Waals surface area contributed by atoms with Crippen LogP contribution in [0, 0.1) is 0 Å². The number of nitrogens with one attached hydrogen (secondary N) is 1. The van der Waals surface area contributed by atoms with Crippen molar-refractivity contribution in [2.45, 2.75) is 65.0 Å². The maximum Gasteiger partial charge on any atom is 0.333 e. The number of benzene rings is 2. The van der Waals surface area contributed by atoms with E-state index in [4.69, 9.17) is 9.47 Å². The number of amides is 2. The van der Waals surface area contributed by atoms with Gasteiger partial charge in [-0.25, -0.2) is 9.59 Å². The molecule has 192 valence electrons. The summed E-state index contributed by atoms with van der Waals surface area (Å²) in [6, 6.07) is 17.8. The summed E-state index contributed by atoms with van der Waals surface area (Å²) in [7, 11) is 0. The lowest BCUT2D eigenvalue weighted by Gasteiger charge is -2.25. The van der Waals surface area contributed by atoms with Gasteiger partial charge in [-0.2, -0.15) is 0 Å². The SMILES string of the molecule is CCOC(Cc1ccc(OCCN(CCCCc2ccccc2)C(=O)NC(C)CC)cc1)C(=O)O. The highest BCUT2D eigenvalue weighted by Gasteiger charge is 2.18. The van der Waals surface area contributed by atoms with Crippen molar-refractivity contribution in [3.8, 4) is 5.75 Å². The van der Waals surface area contributed by atoms with E-state index in [0.29, 0.717) is 38.5 Å². The monoisotopic (exact) mass is 484 g/mol. The molecule has 0 bridgehead atoms. The van der Waals surface area contributed by atoms with Gasteiger partial charge in [-0.15, -0.1) is 0 Å². The van der Waals surface area contributed by atoms with Crippen molar-refractivity contribution in [1.29, 1.82) is 0 Å². The zero-order valence-electron chi connectivity index (χ0n) is 21.2. The van der Waals surface area contributed by atoms with Gasteiger partial charge in [0.15, 0.2) is 6.10 Å². The molecule has 2 atom stereocenters. The zero-order valence-corrected chi connectivity index (χ0v) is 21.2. The molecule has 0 aliphatic carbocycles. The molecule has 0 saturated heterocycles. The van der Waals surface area contributed by atoms with Gasteiger partial charge in [-0.3, -0.25) is 0 Å². The number of carbonyl (C=O) groups is 2. The van der Waals surface area contributed by atoms with E-state index in [1.165, 1.54) is 5.56 Å². The lowest BCUT2D eigenvalue weighted by molar-refractivity contribution is -0.149. The molecule has 0 fully saturated rings. The summed E-state index contributed by atoms with van der Waals surface area (Å²) in [6.45, 7) is 7.72. The van der Waals surface area contributed by atoms with E-state index in [0.717, 1.165) is 31.2 Å². The van der Waals surface area contributed by atoms with E-state index in [-0.39, 0.29) is 12.1 Å². The number of carboxylic acids is 1. The van der Waals surface area contributed by atoms with Crippen LogP contribution in [-0.4, -0.2) is 60.5 Å². The number of nitrogens with zero attached hydrogens (tertiary/aromatic N) is 1. The van der Waals surface area contributed by atoms with Gasteiger partial charge in [0, 0.05) is 25.6 Å². The molecule has 0 aromatic heterocycles. The Morgan fingerprint density at radius 3 is 2.31 bits per heavy atom. The Morgan fingerprint density at radius 2 is 1.69 bits per heavy atom. The van der Waals surface area contributed by atoms with Crippen molar-refractivity contribution < 1.29 is 24.2 Å². The van der Waals surface area contributed by atoms with Crippen LogP contribution in [0.15, 0.2) is 54.6 Å². The number of carboxylic acid groups (broad SMARTS) is 1. The summed E-state index contributed by atoms with van der Waals surface area (Å²) in [5.41, 5.74) is 2.18. The minimum atomic E-state index is -0.966. The number of carbonyl (C=O) groups excluding carboxylic acids is 1. The second kappa shape index (κ2) is 15.8. The average Bonchev–Trinajstić information content (AvgIpc) is 2.86. The fraction of sp³-hybridized carbons (Fsp3) is 0.500. The first-order valence-electron chi connectivity index (χ1n) is 12.6. The Morgan fingerprint density at radius 1 is 0.971 bits per heavy atom. The molecule has 7 heteroatoms. The van der Waals surface area contributed by atoms with Crippen molar-refractivity contribution in [2.24, 2.45) is 0 Å². The first-order chi connectivity index (χ1) is 16.9. The quantitative estimate of drug-likeness (QED) is 0.330. The fourth-order valence-electron chi connectivity index (χ4n) is 3.62. The molecule has 2 aromatic rings. The molecular weight excluding hydrogens is 444 g/mol. The molecule has 35 heavy (non-hydrogen) atoms. The van der Waals surface area contributed by atoms with Gasteiger partial charge >= 0.3 is 12.0 Å². The predicted octanol–water partition coefficient (Wildman–Crippen LogP) is 4.93. The van der Waals surface area contributed by atoms with Crippen molar-refractivity contribution in [1.82, 2.24) is 10.2 Å². The molecule has 2 unspecified atom stereocenters. The van der Waals surface area contributed by atoms with Crippen LogP contribution in [0.2, 0.25) is 0 Å². The Bertz CT molecular complexity index is 873. The van der Waals surface area contributed by atoms with Crippen molar-refractivity contribution >= 4 is 12.0 Å². The Balaban J connectivity index is 1.84. The number of ether oxygens (including phenoxy) is 2. The molecule has 0 radical (unpaired) electrons. The Kier molecular flexibility index (Phi) is 12.7. The van der Waals surface area contributed by atoms with Gasteiger partial charge in [0.2, 0.25) is 0 Å². The molecule has 0 heterocycles. The van der Waals surface area contributed by atoms with Crippen LogP contribution in [0.5, 0.6) is 5.75 Å². The lowest BCUT2D eigenvalue weighted by Crippen LogP contribution is -2.45. The number of aryl methyl sites for hydroxylation is 1. The molecular formula is C28H40N2O5. The van der Waals surface area contributed by atoms with Crippen LogP contribution >= 0.6 is 0 Å². The van der Waals surface area contributed by atoms with Crippen LogP contribution in [0.4, 0.5) is 4.79 Å². The van der Waals surface area contributed by atoms with Crippen LogP contribution in [-0.2, 0) is 22.4 Å². The van der Waals surface area contributed by atoms with E-state index in [1.54, 1.807) is 6.92 Å². The van der Waals surface area contributed by atoms with Gasteiger partial charge in [-0.05, 0) is 62.8 Å². The minimum Gasteiger partial charge on any atom is -0.492 e. The van der Waals surface area contributed by atoms with E-state index in [1.807, 2.05) is 42.2 Å². The van der Waals surface area contributed by atoms with Gasteiger partial charge in [0.1, 0.15) is 12.4 Å². The molecule has 2 amide bonds. The number of unbranched alkanes of at least 4 members (excludes halogenated alkanes) is 1. The van der Waals surface area contributed by atoms with Crippen LogP contribution in [0.25, 0.3) is 0 Å². The normalized spacial score (nSPS) is 12.5. The first kappa shape index (κ1) is 28.2. The molecule has 7 nitrogen and oxygen atoms in total. The van der Waals surface area contributed by atoms with Crippen LogP contribution in [0.1, 0.15) is 51.2 Å². The third kappa shape index (κ3) is 10.8. The molecule has 0 spiro atoms. The van der Waals surface area contributed by atoms with Crippen molar-refractivity contribution in [3.63, 3.8) is 0 Å². The fourth-order valence-corrected chi connectivity index (χ4v) is 3.62. The lowest BCUT2D eigenvalue weighted by atomic mass is 10.1. The van der Waals surface area contributed by atoms with Gasteiger partial charge < -0.3 is 24.8 Å². The summed E-state index contributed by atoms with van der Waals surface area (Å²) in [5.74, 6) is -0.282. The smallest absolute Gasteiger partial charge is 0.333 e. The van der Waals surface area contributed by atoms with E-state index >= 15 is 0 Å². The van der Waals surface area contributed by atoms with Gasteiger partial charge in [0.05, 0.1) is 6.54 Å². The number of aliphatic carboxylic acids is 1. The third-order valence-electron chi connectivity index (χ3n) is 5.87. The second-order valence-electron chi connectivity index (χ2n) is 8.67. The summed E-state index contributed by atoms with van der Waals surface area (Å²) >= 11 is 0. The minimum absolute atomic E-state index is 0.0614. The topological polar surface area (TPSA) is 88.1 Å². The zero-order chi connectivity index (χ0) is 25.5. The molecule has 0 aliphatic rings. The molecule has 2 rings (SSSR count). The highest BCUT2D eigenvalue weighted by molar-refractivity contribution is 5.74. The highest BCUT2D eigenvalue weighted by atomic mass is 16.5. The van der Waals surface area contributed by atoms with Gasteiger partial charge in [0.25, 0.3) is 0 Å². The Hall–Kier alpha value is -3.06. The Labute approximate surface area is 209 Å². The highest BCUT2D eigenvalue weighted by Crippen LogP contribution is 2.15. The number of hydrogen-bond acceptors (Lipinski definition) is 4. The van der Waals surface area contributed by atoms with E-state index in [9.17, 15) is 14.7 Å². The van der Waals surface area contributed by atoms with Gasteiger partial charge in [-0.1, -0.05) is 49.4 Å². The maximum absolute atomic E-state index is 12.8. The van der Waals surface area contributed by atoms with E-state index in [2.05, 4.69) is 36.5 Å². The summed E-state index contributed by atoms with van der Waals surface area (Å²) in [6.07, 6.45) is 3.25. The standard InChI is InChI=1S/C28H40N2O5/c1-4-22(3)29-28(33)30(18-10-9-13-23-11-7-6-8-12-23)19-20-35-25-16-14-24(15-17-25)21-26(27(31)32)34-5-2/h6-8,11-12,14-17,22,26H,4-5,9-10,13,18-21H2,1-3H3,(H,29,33)(H,31,32). The molecule has 0 saturated carbocycles. The molecule has 2 N–H and O–H groups in total. The molecule has 2 aromatic carbocycles. The summed E-state index contributed by atoms with van der Waals surface area (Å²) < 4.78 is 11.2.